The fourth-order valence-corrected chi connectivity index (χ4v) is 3.55. The van der Waals surface area contributed by atoms with Crippen LogP contribution in [-0.4, -0.2) is 6.66 Å². The summed E-state index contributed by atoms with van der Waals surface area (Å²) < 4.78 is 23.1. The Morgan fingerprint density at radius 1 is 0.810 bits per heavy atom. The Labute approximate surface area is 142 Å². The van der Waals surface area contributed by atoms with Crippen molar-refractivity contribution in [2.24, 2.45) is 0 Å². The van der Waals surface area contributed by atoms with E-state index >= 15 is 0 Å². The van der Waals surface area contributed by atoms with Gasteiger partial charge >= 0.3 is 7.60 Å². The van der Waals surface area contributed by atoms with Crippen molar-refractivity contribution in [2.45, 2.75) is 0 Å². The Bertz CT molecular complexity index is 663. The number of hydrogen-bond acceptors (Lipinski definition) is 3. The highest BCUT2D eigenvalue weighted by Crippen LogP contribution is 2.48. The number of rotatable bonds is 4. The molecule has 2 aromatic rings. The van der Waals surface area contributed by atoms with Crippen molar-refractivity contribution < 1.29 is 13.6 Å². The van der Waals surface area contributed by atoms with Gasteiger partial charge in [-0.1, -0.05) is 46.4 Å². The summed E-state index contributed by atoms with van der Waals surface area (Å²) in [6.45, 7) is 1.31. The first-order valence-electron chi connectivity index (χ1n) is 5.64. The molecule has 0 spiro atoms. The minimum atomic E-state index is -3.48. The van der Waals surface area contributed by atoms with Crippen molar-refractivity contribution in [3.63, 3.8) is 0 Å². The largest absolute Gasteiger partial charge is 0.427 e. The van der Waals surface area contributed by atoms with Crippen LogP contribution in [0.25, 0.3) is 0 Å². The fourth-order valence-electron chi connectivity index (χ4n) is 1.47. The second-order valence-corrected chi connectivity index (χ2v) is 7.70. The monoisotopic (exact) mass is 384 g/mol. The van der Waals surface area contributed by atoms with Gasteiger partial charge in [0.15, 0.2) is 0 Å². The molecule has 0 saturated heterocycles. The Hall–Kier alpha value is -0.570. The molecule has 21 heavy (non-hydrogen) atoms. The van der Waals surface area contributed by atoms with E-state index in [0.29, 0.717) is 10.0 Å². The average Bonchev–Trinajstić information content (AvgIpc) is 2.36. The van der Waals surface area contributed by atoms with E-state index in [0.717, 1.165) is 0 Å². The highest BCUT2D eigenvalue weighted by Gasteiger charge is 2.23. The van der Waals surface area contributed by atoms with Crippen molar-refractivity contribution in [3.8, 4) is 11.5 Å². The van der Waals surface area contributed by atoms with E-state index in [-0.39, 0.29) is 21.5 Å². The van der Waals surface area contributed by atoms with Crippen molar-refractivity contribution in [2.75, 3.05) is 6.66 Å². The van der Waals surface area contributed by atoms with Crippen LogP contribution < -0.4 is 9.05 Å². The van der Waals surface area contributed by atoms with E-state index in [1.807, 2.05) is 0 Å². The second-order valence-electron chi connectivity index (χ2n) is 4.10. The molecule has 0 aliphatic rings. The van der Waals surface area contributed by atoms with Crippen LogP contribution in [0.1, 0.15) is 0 Å². The predicted molar refractivity (Wildman–Crippen MR) is 87.7 cm³/mol. The molecule has 0 N–H and O–H groups in total. The van der Waals surface area contributed by atoms with E-state index in [1.54, 1.807) is 12.1 Å². The van der Waals surface area contributed by atoms with Crippen LogP contribution in [0.4, 0.5) is 0 Å². The molecule has 0 aliphatic heterocycles. The summed E-state index contributed by atoms with van der Waals surface area (Å²) in [6, 6.07) is 9.11. The summed E-state index contributed by atoms with van der Waals surface area (Å²) in [4.78, 5) is 0. The Kier molecular flexibility index (Phi) is 5.34. The van der Waals surface area contributed by atoms with Gasteiger partial charge in [-0.2, -0.15) is 0 Å². The van der Waals surface area contributed by atoms with Crippen LogP contribution in [0.2, 0.25) is 20.1 Å². The summed E-state index contributed by atoms with van der Waals surface area (Å²) in [6.07, 6.45) is 0. The molecule has 0 heterocycles. The lowest BCUT2D eigenvalue weighted by atomic mass is 10.3. The fraction of sp³-hybridized carbons (Fsp3) is 0.0769. The van der Waals surface area contributed by atoms with Crippen LogP contribution in [0.5, 0.6) is 11.5 Å². The minimum Gasteiger partial charge on any atom is -0.415 e. The second kappa shape index (κ2) is 6.68. The van der Waals surface area contributed by atoms with Crippen LogP contribution >= 0.6 is 54.0 Å². The summed E-state index contributed by atoms with van der Waals surface area (Å²) in [7, 11) is -3.48. The average molecular weight is 386 g/mol. The number of halogens is 4. The molecule has 0 aromatic heterocycles. The maximum absolute atomic E-state index is 12.4. The summed E-state index contributed by atoms with van der Waals surface area (Å²) in [5.41, 5.74) is 0. The number of benzene rings is 2. The van der Waals surface area contributed by atoms with Gasteiger partial charge in [-0.3, -0.25) is 0 Å². The van der Waals surface area contributed by atoms with Crippen molar-refractivity contribution in [1.82, 2.24) is 0 Å². The summed E-state index contributed by atoms with van der Waals surface area (Å²) in [5, 5.41) is 1.35. The molecule has 2 aromatic carbocycles. The Balaban J connectivity index is 2.20. The van der Waals surface area contributed by atoms with E-state index in [1.165, 1.54) is 30.9 Å². The predicted octanol–water partition coefficient (Wildman–Crippen LogP) is 6.58. The van der Waals surface area contributed by atoms with Gasteiger partial charge in [0.1, 0.15) is 11.5 Å². The summed E-state index contributed by atoms with van der Waals surface area (Å²) >= 11 is 23.5. The highest BCUT2D eigenvalue weighted by atomic mass is 35.5. The Morgan fingerprint density at radius 2 is 1.19 bits per heavy atom. The van der Waals surface area contributed by atoms with E-state index in [2.05, 4.69) is 0 Å². The van der Waals surface area contributed by atoms with Gasteiger partial charge in [0.25, 0.3) is 0 Å². The van der Waals surface area contributed by atoms with E-state index in [9.17, 15) is 4.57 Å². The molecule has 0 saturated carbocycles. The molecule has 2 rings (SSSR count). The highest BCUT2D eigenvalue weighted by molar-refractivity contribution is 7.53. The first-order chi connectivity index (χ1) is 9.77. The van der Waals surface area contributed by atoms with Gasteiger partial charge < -0.3 is 9.05 Å². The molecule has 0 atom stereocenters. The molecule has 8 heteroatoms. The van der Waals surface area contributed by atoms with Crippen molar-refractivity contribution >= 4 is 54.0 Å². The van der Waals surface area contributed by atoms with Gasteiger partial charge in [-0.05, 0) is 36.4 Å². The standard InChI is InChI=1S/C13H9Cl4O3P/c1-21(18,19-12-4-2-8(14)6-10(12)16)20-13-5-3-9(15)7-11(13)17/h2-7H,1H3. The molecule has 0 aliphatic carbocycles. The van der Waals surface area contributed by atoms with E-state index < -0.39 is 7.60 Å². The first kappa shape index (κ1) is 16.8. The Morgan fingerprint density at radius 3 is 1.52 bits per heavy atom. The molecule has 0 fully saturated rings. The number of hydrogen-bond donors (Lipinski definition) is 0. The lowest BCUT2D eigenvalue weighted by Crippen LogP contribution is -2.00. The quantitative estimate of drug-likeness (QED) is 0.557. The lowest BCUT2D eigenvalue weighted by molar-refractivity contribution is 0.393. The first-order valence-corrected chi connectivity index (χ1v) is 9.14. The lowest BCUT2D eigenvalue weighted by Gasteiger charge is -2.17. The zero-order chi connectivity index (χ0) is 15.6. The van der Waals surface area contributed by atoms with Gasteiger partial charge in [-0.25, -0.2) is 4.57 Å². The molecule has 3 nitrogen and oxygen atoms in total. The molecule has 112 valence electrons. The molecule has 0 bridgehead atoms. The van der Waals surface area contributed by atoms with Gasteiger partial charge in [-0.15, -0.1) is 0 Å². The van der Waals surface area contributed by atoms with Crippen LogP contribution in [0, 0.1) is 0 Å². The maximum Gasteiger partial charge on any atom is 0.427 e. The molecule has 0 amide bonds. The molecular formula is C13H9Cl4O3P. The molecule has 0 unspecified atom stereocenters. The topological polar surface area (TPSA) is 35.5 Å². The van der Waals surface area contributed by atoms with Crippen LogP contribution in [0.15, 0.2) is 36.4 Å². The summed E-state index contributed by atoms with van der Waals surface area (Å²) in [5.74, 6) is 0.411. The maximum atomic E-state index is 12.4. The normalized spacial score (nSPS) is 11.3. The SMILES string of the molecule is CP(=O)(Oc1ccc(Cl)cc1Cl)Oc1ccc(Cl)cc1Cl. The van der Waals surface area contributed by atoms with Gasteiger partial charge in [0.05, 0.1) is 16.7 Å². The smallest absolute Gasteiger partial charge is 0.415 e. The third-order valence-electron chi connectivity index (χ3n) is 2.32. The van der Waals surface area contributed by atoms with E-state index in [4.69, 9.17) is 55.5 Å². The third-order valence-corrected chi connectivity index (χ3v) is 4.43. The third kappa shape index (κ3) is 4.70. The van der Waals surface area contributed by atoms with Crippen molar-refractivity contribution in [1.29, 1.82) is 0 Å². The molecule has 0 radical (unpaired) electrons. The van der Waals surface area contributed by atoms with Crippen molar-refractivity contribution in [3.05, 3.63) is 56.5 Å². The van der Waals surface area contributed by atoms with Crippen LogP contribution in [0.3, 0.4) is 0 Å². The minimum absolute atomic E-state index is 0.206. The van der Waals surface area contributed by atoms with Gasteiger partial charge in [0, 0.05) is 10.0 Å². The van der Waals surface area contributed by atoms with Crippen LogP contribution in [-0.2, 0) is 4.57 Å². The molecular weight excluding hydrogens is 377 g/mol. The van der Waals surface area contributed by atoms with Gasteiger partial charge in [0.2, 0.25) is 0 Å². The zero-order valence-corrected chi connectivity index (χ0v) is 14.6. The zero-order valence-electron chi connectivity index (χ0n) is 10.6.